The van der Waals surface area contributed by atoms with Crippen molar-refractivity contribution in [3.63, 3.8) is 0 Å². The van der Waals surface area contributed by atoms with Crippen LogP contribution in [-0.2, 0) is 15.6 Å². The largest absolute Gasteiger partial charge is 0.497 e. The van der Waals surface area contributed by atoms with E-state index in [4.69, 9.17) is 9.26 Å². The summed E-state index contributed by atoms with van der Waals surface area (Å²) >= 11 is 0. The third-order valence-electron chi connectivity index (χ3n) is 3.59. The minimum absolute atomic E-state index is 0.0593. The Morgan fingerprint density at radius 1 is 1.08 bits per heavy atom. The van der Waals surface area contributed by atoms with Crippen LogP contribution in [0.3, 0.4) is 0 Å². The molecule has 0 bridgehead atoms. The van der Waals surface area contributed by atoms with Crippen LogP contribution in [0.15, 0.2) is 57.9 Å². The van der Waals surface area contributed by atoms with Gasteiger partial charge in [0, 0.05) is 5.56 Å². The number of sulfone groups is 1. The summed E-state index contributed by atoms with van der Waals surface area (Å²) in [7, 11) is -2.05. The van der Waals surface area contributed by atoms with Gasteiger partial charge in [-0.3, -0.25) is 0 Å². The van der Waals surface area contributed by atoms with E-state index in [1.807, 2.05) is 31.2 Å². The fourth-order valence-corrected chi connectivity index (χ4v) is 3.44. The number of benzene rings is 2. The Kier molecular flexibility index (Phi) is 4.35. The summed E-state index contributed by atoms with van der Waals surface area (Å²) in [4.78, 5) is 4.38. The van der Waals surface area contributed by atoms with Crippen LogP contribution in [0.25, 0.3) is 11.4 Å². The first kappa shape index (κ1) is 16.2. The number of rotatable bonds is 5. The van der Waals surface area contributed by atoms with E-state index in [9.17, 15) is 8.42 Å². The van der Waals surface area contributed by atoms with Gasteiger partial charge in [0.05, 0.1) is 12.0 Å². The third kappa shape index (κ3) is 3.30. The summed E-state index contributed by atoms with van der Waals surface area (Å²) in [6.07, 6.45) is 0. The molecule has 24 heavy (non-hydrogen) atoms. The zero-order valence-corrected chi connectivity index (χ0v) is 14.1. The van der Waals surface area contributed by atoms with Gasteiger partial charge in [-0.2, -0.15) is 4.98 Å². The summed E-state index contributed by atoms with van der Waals surface area (Å²) in [5.41, 5.74) is 1.80. The fraction of sp³-hybridized carbons (Fsp3) is 0.176. The van der Waals surface area contributed by atoms with Gasteiger partial charge >= 0.3 is 0 Å². The van der Waals surface area contributed by atoms with Crippen molar-refractivity contribution in [3.05, 3.63) is 60.0 Å². The molecular weight excluding hydrogens is 328 g/mol. The average molecular weight is 344 g/mol. The van der Waals surface area contributed by atoms with Crippen LogP contribution in [0.4, 0.5) is 0 Å². The Balaban J connectivity index is 1.84. The van der Waals surface area contributed by atoms with Gasteiger partial charge in [0.1, 0.15) is 11.5 Å². The Morgan fingerprint density at radius 3 is 2.46 bits per heavy atom. The maximum atomic E-state index is 12.4. The van der Waals surface area contributed by atoms with Crippen LogP contribution in [-0.4, -0.2) is 25.7 Å². The molecule has 0 spiro atoms. The predicted molar refractivity (Wildman–Crippen MR) is 88.4 cm³/mol. The number of ether oxygens (including phenoxy) is 1. The summed E-state index contributed by atoms with van der Waals surface area (Å²) in [5, 5.41) is 3.88. The monoisotopic (exact) mass is 344 g/mol. The molecule has 0 radical (unpaired) electrons. The highest BCUT2D eigenvalue weighted by atomic mass is 32.2. The predicted octanol–water partition coefficient (Wildman–Crippen LogP) is 3.03. The molecule has 6 nitrogen and oxygen atoms in total. The molecule has 0 aliphatic carbocycles. The van der Waals surface area contributed by atoms with Gasteiger partial charge in [-0.25, -0.2) is 8.42 Å². The second-order valence-corrected chi connectivity index (χ2v) is 7.25. The molecule has 3 rings (SSSR count). The zero-order chi connectivity index (χ0) is 17.2. The van der Waals surface area contributed by atoms with Crippen LogP contribution < -0.4 is 4.74 Å². The number of aryl methyl sites for hydroxylation is 1. The van der Waals surface area contributed by atoms with Crippen LogP contribution in [0, 0.1) is 6.92 Å². The van der Waals surface area contributed by atoms with Crippen molar-refractivity contribution in [1.82, 2.24) is 10.1 Å². The number of hydrogen-bond donors (Lipinski definition) is 0. The average Bonchev–Trinajstić information content (AvgIpc) is 3.03. The van der Waals surface area contributed by atoms with E-state index >= 15 is 0 Å². The molecule has 3 aromatic rings. The Labute approximate surface area is 140 Å². The molecule has 1 heterocycles. The second-order valence-electron chi connectivity index (χ2n) is 5.26. The van der Waals surface area contributed by atoms with Crippen LogP contribution >= 0.6 is 0 Å². The molecule has 7 heteroatoms. The lowest BCUT2D eigenvalue weighted by Crippen LogP contribution is -2.05. The minimum atomic E-state index is -3.57. The molecule has 0 saturated carbocycles. The van der Waals surface area contributed by atoms with E-state index < -0.39 is 9.84 Å². The molecule has 0 aliphatic heterocycles. The first-order chi connectivity index (χ1) is 11.5. The molecular formula is C17H16N2O4S. The highest BCUT2D eigenvalue weighted by Crippen LogP contribution is 2.22. The molecule has 2 aromatic carbocycles. The zero-order valence-electron chi connectivity index (χ0n) is 13.3. The van der Waals surface area contributed by atoms with Crippen molar-refractivity contribution in [1.29, 1.82) is 0 Å². The molecule has 0 fully saturated rings. The van der Waals surface area contributed by atoms with Crippen LogP contribution in [0.2, 0.25) is 0 Å². The minimum Gasteiger partial charge on any atom is -0.497 e. The molecule has 0 unspecified atom stereocenters. The number of aromatic nitrogens is 2. The summed E-state index contributed by atoms with van der Waals surface area (Å²) in [6, 6.07) is 13.8. The van der Waals surface area contributed by atoms with Crippen molar-refractivity contribution in [2.45, 2.75) is 17.6 Å². The van der Waals surface area contributed by atoms with E-state index in [1.54, 1.807) is 12.1 Å². The maximum Gasteiger partial charge on any atom is 0.242 e. The lowest BCUT2D eigenvalue weighted by molar-refractivity contribution is 0.389. The molecule has 0 N–H and O–H groups in total. The quantitative estimate of drug-likeness (QED) is 0.707. The fourth-order valence-electron chi connectivity index (χ4n) is 2.28. The maximum absolute atomic E-state index is 12.4. The Bertz CT molecular complexity index is 947. The third-order valence-corrected chi connectivity index (χ3v) is 5.20. The van der Waals surface area contributed by atoms with Crippen molar-refractivity contribution < 1.29 is 17.7 Å². The van der Waals surface area contributed by atoms with E-state index in [-0.39, 0.29) is 16.5 Å². The van der Waals surface area contributed by atoms with E-state index in [2.05, 4.69) is 10.1 Å². The SMILES string of the molecule is COc1ccc(S(=O)(=O)Cc2nc(-c3ccccc3C)no2)cc1. The summed E-state index contributed by atoms with van der Waals surface area (Å²) in [5.74, 6) is 0.684. The smallest absolute Gasteiger partial charge is 0.242 e. The summed E-state index contributed by atoms with van der Waals surface area (Å²) < 4.78 is 35.0. The van der Waals surface area contributed by atoms with E-state index in [0.29, 0.717) is 11.6 Å². The van der Waals surface area contributed by atoms with Gasteiger partial charge in [-0.15, -0.1) is 0 Å². The number of methoxy groups -OCH3 is 1. The molecule has 124 valence electrons. The lowest BCUT2D eigenvalue weighted by Gasteiger charge is -2.03. The topological polar surface area (TPSA) is 82.3 Å². The van der Waals surface area contributed by atoms with Crippen molar-refractivity contribution in [2.75, 3.05) is 7.11 Å². The molecule has 0 saturated heterocycles. The molecule has 0 aliphatic rings. The first-order valence-electron chi connectivity index (χ1n) is 7.25. The Morgan fingerprint density at radius 2 is 1.79 bits per heavy atom. The van der Waals surface area contributed by atoms with Crippen LogP contribution in [0.1, 0.15) is 11.5 Å². The normalized spacial score (nSPS) is 11.4. The van der Waals surface area contributed by atoms with E-state index in [0.717, 1.165) is 11.1 Å². The molecule has 0 amide bonds. The molecule has 0 atom stereocenters. The van der Waals surface area contributed by atoms with Gasteiger partial charge in [0.15, 0.2) is 9.84 Å². The lowest BCUT2D eigenvalue weighted by atomic mass is 10.1. The highest BCUT2D eigenvalue weighted by Gasteiger charge is 2.20. The van der Waals surface area contributed by atoms with Gasteiger partial charge in [-0.1, -0.05) is 29.4 Å². The van der Waals surface area contributed by atoms with Gasteiger partial charge in [-0.05, 0) is 36.8 Å². The Hall–Kier alpha value is -2.67. The van der Waals surface area contributed by atoms with Crippen molar-refractivity contribution >= 4 is 9.84 Å². The molecule has 1 aromatic heterocycles. The van der Waals surface area contributed by atoms with Gasteiger partial charge in [0.25, 0.3) is 0 Å². The van der Waals surface area contributed by atoms with Crippen molar-refractivity contribution in [2.24, 2.45) is 0 Å². The second kappa shape index (κ2) is 6.45. The van der Waals surface area contributed by atoms with Gasteiger partial charge in [0.2, 0.25) is 11.7 Å². The number of hydrogen-bond acceptors (Lipinski definition) is 6. The number of nitrogens with zero attached hydrogens (tertiary/aromatic N) is 2. The van der Waals surface area contributed by atoms with E-state index in [1.165, 1.54) is 19.2 Å². The van der Waals surface area contributed by atoms with Gasteiger partial charge < -0.3 is 9.26 Å². The van der Waals surface area contributed by atoms with Crippen LogP contribution in [0.5, 0.6) is 5.75 Å². The standard InChI is InChI=1S/C17H16N2O4S/c1-12-5-3-4-6-15(12)17-18-16(23-19-17)11-24(20,21)14-9-7-13(22-2)8-10-14/h3-10H,11H2,1-2H3. The van der Waals surface area contributed by atoms with Crippen molar-refractivity contribution in [3.8, 4) is 17.1 Å². The first-order valence-corrected chi connectivity index (χ1v) is 8.90. The summed E-state index contributed by atoms with van der Waals surface area (Å²) in [6.45, 7) is 1.93. The highest BCUT2D eigenvalue weighted by molar-refractivity contribution is 7.90.